The third kappa shape index (κ3) is 6.75. The number of fused-ring (bicyclic) bond motifs is 7. The van der Waals surface area contributed by atoms with E-state index in [9.17, 15) is 9.59 Å². The second kappa shape index (κ2) is 15.6. The quantitative estimate of drug-likeness (QED) is 0.112. The van der Waals surface area contributed by atoms with Crippen LogP contribution in [0.1, 0.15) is 142 Å². The largest absolute Gasteiger partial charge is 0.481 e. The molecule has 3 aromatic carbocycles. The van der Waals surface area contributed by atoms with E-state index in [0.29, 0.717) is 36.0 Å². The second-order valence-corrected chi connectivity index (χ2v) is 21.2. The van der Waals surface area contributed by atoms with E-state index < -0.39 is 11.6 Å². The van der Waals surface area contributed by atoms with Gasteiger partial charge >= 0.3 is 11.9 Å². The van der Waals surface area contributed by atoms with Crippen LogP contribution in [-0.4, -0.2) is 29.8 Å². The molecule has 59 heavy (non-hydrogen) atoms. The molecule has 5 saturated carbocycles. The smallest absolute Gasteiger partial charge is 0.306 e. The van der Waals surface area contributed by atoms with Crippen molar-refractivity contribution >= 4 is 11.9 Å². The number of hydrogen-bond donors (Lipinski definition) is 1. The van der Waals surface area contributed by atoms with Gasteiger partial charge in [-0.05, 0) is 145 Å². The highest BCUT2D eigenvalue weighted by Crippen LogP contribution is 2.77. The predicted octanol–water partition coefficient (Wildman–Crippen LogP) is 12.8. The Labute approximate surface area is 354 Å². The van der Waals surface area contributed by atoms with Crippen molar-refractivity contribution in [1.29, 1.82) is 0 Å². The predicted molar refractivity (Wildman–Crippen MR) is 235 cm³/mol. The van der Waals surface area contributed by atoms with Gasteiger partial charge < -0.3 is 14.6 Å². The van der Waals surface area contributed by atoms with Crippen molar-refractivity contribution in [3.05, 3.63) is 120 Å². The number of aliphatic carboxylic acids is 1. The van der Waals surface area contributed by atoms with Gasteiger partial charge in [0.05, 0.1) is 6.61 Å². The summed E-state index contributed by atoms with van der Waals surface area (Å²) in [6.07, 6.45) is 12.0. The van der Waals surface area contributed by atoms with Crippen molar-refractivity contribution in [3.8, 4) is 0 Å². The van der Waals surface area contributed by atoms with Crippen LogP contribution in [0.5, 0.6) is 0 Å². The molecule has 5 heteroatoms. The lowest BCUT2D eigenvalue weighted by Crippen LogP contribution is -2.67. The number of benzene rings is 3. The van der Waals surface area contributed by atoms with Gasteiger partial charge in [-0.3, -0.25) is 9.59 Å². The molecule has 1 N–H and O–H groups in total. The lowest BCUT2D eigenvalue weighted by molar-refractivity contribution is -0.253. The van der Waals surface area contributed by atoms with Crippen LogP contribution in [0.4, 0.5) is 0 Å². The van der Waals surface area contributed by atoms with Crippen molar-refractivity contribution in [2.45, 2.75) is 137 Å². The third-order valence-electron chi connectivity index (χ3n) is 18.3. The third-order valence-corrected chi connectivity index (χ3v) is 18.3. The van der Waals surface area contributed by atoms with E-state index in [1.165, 1.54) is 67.2 Å². The number of esters is 1. The Morgan fingerprint density at radius 2 is 1.29 bits per heavy atom. The normalized spacial score (nSPS) is 36.0. The molecule has 8 rings (SSSR count). The van der Waals surface area contributed by atoms with E-state index >= 15 is 0 Å². The van der Waals surface area contributed by atoms with Gasteiger partial charge in [-0.2, -0.15) is 0 Å². The van der Waals surface area contributed by atoms with Gasteiger partial charge in [-0.15, -0.1) is 0 Å². The fraction of sp³-hybridized carbons (Fsp3) is 0.593. The molecule has 5 nitrogen and oxygen atoms in total. The molecule has 0 heterocycles. The minimum atomic E-state index is -0.864. The van der Waals surface area contributed by atoms with Gasteiger partial charge in [0.2, 0.25) is 0 Å². The van der Waals surface area contributed by atoms with Crippen LogP contribution in [0.2, 0.25) is 0 Å². The summed E-state index contributed by atoms with van der Waals surface area (Å²) in [7, 11) is 0. The Bertz CT molecular complexity index is 1890. The fourth-order valence-electron chi connectivity index (χ4n) is 15.3. The lowest BCUT2D eigenvalue weighted by Gasteiger charge is -2.73. The number of hydrogen-bond acceptors (Lipinski definition) is 4. The number of ether oxygens (including phenoxy) is 2. The molecule has 0 amide bonds. The van der Waals surface area contributed by atoms with E-state index in [2.05, 4.69) is 133 Å². The Morgan fingerprint density at radius 3 is 1.85 bits per heavy atom. The molecule has 0 aliphatic heterocycles. The summed E-state index contributed by atoms with van der Waals surface area (Å²) in [5.41, 5.74) is 4.61. The summed E-state index contributed by atoms with van der Waals surface area (Å²) in [5, 5.41) is 9.10. The first-order chi connectivity index (χ1) is 28.1. The molecule has 0 radical (unpaired) electrons. The molecule has 316 valence electrons. The molecule has 0 spiro atoms. The SMILES string of the molecule is C=C(C)[C@@H]1CC[C@]2(COC(c3ccccc3)(c3ccccc3)c3ccccc3)CC[C@]3(C)[C@H](CC[C@@H]4[C@@]5(C)CC[C@H](OC(=O)CCCC(=O)O)C(C)(C)[C@@H]5CC[C@]43C)[C@@H]12. The van der Waals surface area contributed by atoms with E-state index in [-0.39, 0.29) is 52.0 Å². The molecule has 10 atom stereocenters. The van der Waals surface area contributed by atoms with Gasteiger partial charge in [0.15, 0.2) is 0 Å². The first-order valence-electron chi connectivity index (χ1n) is 23.0. The number of carbonyl (C=O) groups is 2. The van der Waals surface area contributed by atoms with E-state index in [1.54, 1.807) is 0 Å². The summed E-state index contributed by atoms with van der Waals surface area (Å²) in [5.74, 6) is 1.58. The highest BCUT2D eigenvalue weighted by atomic mass is 16.5. The van der Waals surface area contributed by atoms with Crippen molar-refractivity contribution in [1.82, 2.24) is 0 Å². The zero-order chi connectivity index (χ0) is 41.8. The highest BCUT2D eigenvalue weighted by Gasteiger charge is 2.71. The molecule has 0 saturated heterocycles. The van der Waals surface area contributed by atoms with Gasteiger partial charge in [0.1, 0.15) is 11.7 Å². The van der Waals surface area contributed by atoms with Gasteiger partial charge in [0.25, 0.3) is 0 Å². The maximum atomic E-state index is 13.0. The average molecular weight is 799 g/mol. The molecule has 0 unspecified atom stereocenters. The summed E-state index contributed by atoms with van der Waals surface area (Å²) < 4.78 is 14.0. The van der Waals surface area contributed by atoms with Gasteiger partial charge in [0, 0.05) is 18.3 Å². The van der Waals surface area contributed by atoms with Crippen LogP contribution in [0.15, 0.2) is 103 Å². The van der Waals surface area contributed by atoms with Crippen LogP contribution >= 0.6 is 0 Å². The van der Waals surface area contributed by atoms with Crippen LogP contribution in [0.3, 0.4) is 0 Å². The standard InChI is InChI=1S/C54H70O5/c1-37(2)41-28-33-53(36-58-54(38-18-11-8-12-19-38,39-20-13-9-14-21-39)40-22-15-10-16-23-40)35-34-51(6)42(48(41)53)26-27-44-50(5)31-30-45(59-47(57)25-17-24-46(55)56)49(3,4)43(50)29-32-52(44,51)7/h8-16,18-23,41-45,48H,1,17,24-36H2,2-7H3,(H,55,56)/t41-,42+,43-,44+,45-,48+,50-,51+,52+,53+/m0/s1. The van der Waals surface area contributed by atoms with Crippen molar-refractivity contribution in [3.63, 3.8) is 0 Å². The maximum absolute atomic E-state index is 13.0. The summed E-state index contributed by atoms with van der Waals surface area (Å²) in [4.78, 5) is 24.1. The number of carboxylic acids is 1. The topological polar surface area (TPSA) is 72.8 Å². The first-order valence-corrected chi connectivity index (χ1v) is 23.0. The lowest BCUT2D eigenvalue weighted by atomic mass is 9.32. The van der Waals surface area contributed by atoms with Crippen molar-refractivity contribution < 1.29 is 24.2 Å². The number of carbonyl (C=O) groups excluding carboxylic acids is 1. The molecule has 5 aliphatic carbocycles. The zero-order valence-electron chi connectivity index (χ0n) is 36.8. The Balaban J connectivity index is 1.10. The maximum Gasteiger partial charge on any atom is 0.306 e. The highest BCUT2D eigenvalue weighted by molar-refractivity contribution is 5.71. The van der Waals surface area contributed by atoms with E-state index in [1.807, 2.05) is 0 Å². The molecular formula is C54H70O5. The van der Waals surface area contributed by atoms with Crippen LogP contribution in [0, 0.1) is 56.7 Å². The zero-order valence-corrected chi connectivity index (χ0v) is 36.8. The molecule has 0 bridgehead atoms. The Hall–Kier alpha value is -3.70. The minimum absolute atomic E-state index is 0.00182. The molecular weight excluding hydrogens is 729 g/mol. The van der Waals surface area contributed by atoms with E-state index in [4.69, 9.17) is 21.2 Å². The van der Waals surface area contributed by atoms with Crippen LogP contribution in [0.25, 0.3) is 0 Å². The Morgan fingerprint density at radius 1 is 0.695 bits per heavy atom. The summed E-state index contributed by atoms with van der Waals surface area (Å²) in [6, 6.07) is 32.7. The number of carboxylic acid groups (broad SMARTS) is 1. The molecule has 5 fully saturated rings. The average Bonchev–Trinajstić information content (AvgIpc) is 3.61. The summed E-state index contributed by atoms with van der Waals surface area (Å²) in [6.45, 7) is 20.4. The van der Waals surface area contributed by atoms with Gasteiger partial charge in [-0.1, -0.05) is 138 Å². The summed E-state index contributed by atoms with van der Waals surface area (Å²) >= 11 is 0. The molecule has 0 aromatic heterocycles. The first kappa shape index (κ1) is 42.0. The van der Waals surface area contributed by atoms with Gasteiger partial charge in [-0.25, -0.2) is 0 Å². The minimum Gasteiger partial charge on any atom is -0.481 e. The molecule has 5 aliphatic rings. The van der Waals surface area contributed by atoms with Crippen molar-refractivity contribution in [2.75, 3.05) is 6.61 Å². The number of rotatable bonds is 12. The van der Waals surface area contributed by atoms with E-state index in [0.717, 1.165) is 25.9 Å². The van der Waals surface area contributed by atoms with Crippen LogP contribution in [-0.2, 0) is 24.7 Å². The van der Waals surface area contributed by atoms with Crippen molar-refractivity contribution in [2.24, 2.45) is 56.7 Å². The second-order valence-electron chi connectivity index (χ2n) is 21.2. The fourth-order valence-corrected chi connectivity index (χ4v) is 15.3. The Kier molecular flexibility index (Phi) is 11.1. The monoisotopic (exact) mass is 799 g/mol. The van der Waals surface area contributed by atoms with Crippen LogP contribution < -0.4 is 0 Å². The molecule has 3 aromatic rings. The number of allylic oxidation sites excluding steroid dienone is 1.